The van der Waals surface area contributed by atoms with E-state index in [2.05, 4.69) is 10.3 Å². The second-order valence-corrected chi connectivity index (χ2v) is 5.16. The first-order chi connectivity index (χ1) is 10.9. The van der Waals surface area contributed by atoms with Gasteiger partial charge in [-0.2, -0.15) is 0 Å². The highest BCUT2D eigenvalue weighted by molar-refractivity contribution is 5.98. The number of nitrogens with zero attached hydrogens (tertiary/aromatic N) is 2. The number of pyridine rings is 1. The van der Waals surface area contributed by atoms with Gasteiger partial charge in [-0.25, -0.2) is 13.8 Å². The molecule has 1 heterocycles. The van der Waals surface area contributed by atoms with Crippen LogP contribution in [0, 0.1) is 11.6 Å². The third-order valence-electron chi connectivity index (χ3n) is 3.23. The fourth-order valence-corrected chi connectivity index (χ4v) is 2.10. The van der Waals surface area contributed by atoms with Crippen molar-refractivity contribution in [3.8, 4) is 0 Å². The molecule has 5 nitrogen and oxygen atoms in total. The number of hydrogen-bond acceptors (Lipinski definition) is 4. The Balaban J connectivity index is 2.07. The molecule has 122 valence electrons. The molecule has 1 amide bonds. The number of halogens is 2. The molecule has 2 rings (SSSR count). The summed E-state index contributed by atoms with van der Waals surface area (Å²) in [5.41, 5.74) is 0.259. The molecule has 0 aliphatic carbocycles. The molecule has 0 saturated carbocycles. The lowest BCUT2D eigenvalue weighted by molar-refractivity contribution is 0.0914. The van der Waals surface area contributed by atoms with Crippen LogP contribution in [-0.4, -0.2) is 36.6 Å². The van der Waals surface area contributed by atoms with Crippen LogP contribution in [0.3, 0.4) is 0 Å². The lowest BCUT2D eigenvalue weighted by Gasteiger charge is -2.17. The van der Waals surface area contributed by atoms with Crippen LogP contribution in [0.2, 0.25) is 0 Å². The number of anilines is 1. The average molecular weight is 321 g/mol. The van der Waals surface area contributed by atoms with Crippen LogP contribution in [0.15, 0.2) is 36.5 Å². The van der Waals surface area contributed by atoms with Crippen molar-refractivity contribution < 1.29 is 18.7 Å². The first-order valence-electron chi connectivity index (χ1n) is 6.93. The predicted octanol–water partition coefficient (Wildman–Crippen LogP) is 1.89. The standard InChI is InChI=1S/C16H17F2N3O2/c1-21(2)15-12(4-3-7-19-15)16(23)20-9-14(22)11-6-5-10(17)8-13(11)18/h3-8,14,22H,9H2,1-2H3,(H,20,23)/t14-/m0/s1. The van der Waals surface area contributed by atoms with Crippen molar-refractivity contribution in [3.63, 3.8) is 0 Å². The quantitative estimate of drug-likeness (QED) is 0.883. The van der Waals surface area contributed by atoms with E-state index in [-0.39, 0.29) is 12.1 Å². The Morgan fingerprint density at radius 3 is 2.74 bits per heavy atom. The lowest BCUT2D eigenvalue weighted by Crippen LogP contribution is -2.30. The number of nitrogens with one attached hydrogen (secondary N) is 1. The maximum Gasteiger partial charge on any atom is 0.255 e. The van der Waals surface area contributed by atoms with Gasteiger partial charge in [0.1, 0.15) is 17.5 Å². The van der Waals surface area contributed by atoms with Crippen LogP contribution in [0.4, 0.5) is 14.6 Å². The highest BCUT2D eigenvalue weighted by atomic mass is 19.1. The summed E-state index contributed by atoms with van der Waals surface area (Å²) in [6, 6.07) is 6.11. The summed E-state index contributed by atoms with van der Waals surface area (Å²) in [6.07, 6.45) is 0.286. The molecule has 0 aliphatic heterocycles. The van der Waals surface area contributed by atoms with E-state index in [4.69, 9.17) is 0 Å². The minimum absolute atomic E-state index is 0.0780. The van der Waals surface area contributed by atoms with E-state index in [1.807, 2.05) is 0 Å². The molecule has 0 radical (unpaired) electrons. The molecule has 0 spiro atoms. The first kappa shape index (κ1) is 16.8. The van der Waals surface area contributed by atoms with Gasteiger partial charge in [0.2, 0.25) is 0 Å². The zero-order valence-corrected chi connectivity index (χ0v) is 12.8. The van der Waals surface area contributed by atoms with Crippen LogP contribution >= 0.6 is 0 Å². The molecule has 7 heteroatoms. The molecule has 1 aromatic heterocycles. The van der Waals surface area contributed by atoms with Crippen LogP contribution in [0.1, 0.15) is 22.0 Å². The number of amides is 1. The van der Waals surface area contributed by atoms with E-state index < -0.39 is 23.6 Å². The molecule has 0 unspecified atom stereocenters. The molecule has 0 fully saturated rings. The largest absolute Gasteiger partial charge is 0.386 e. The summed E-state index contributed by atoms with van der Waals surface area (Å²) in [4.78, 5) is 18.0. The van der Waals surface area contributed by atoms with Gasteiger partial charge in [0, 0.05) is 38.5 Å². The van der Waals surface area contributed by atoms with Crippen molar-refractivity contribution in [2.45, 2.75) is 6.10 Å². The van der Waals surface area contributed by atoms with Crippen molar-refractivity contribution in [1.29, 1.82) is 0 Å². The van der Waals surface area contributed by atoms with E-state index >= 15 is 0 Å². The minimum Gasteiger partial charge on any atom is -0.386 e. The summed E-state index contributed by atoms with van der Waals surface area (Å²) < 4.78 is 26.5. The molecular weight excluding hydrogens is 304 g/mol. The highest BCUT2D eigenvalue weighted by Crippen LogP contribution is 2.18. The second-order valence-electron chi connectivity index (χ2n) is 5.16. The van der Waals surface area contributed by atoms with Gasteiger partial charge in [-0.1, -0.05) is 6.07 Å². The molecule has 1 aromatic carbocycles. The van der Waals surface area contributed by atoms with Crippen LogP contribution in [-0.2, 0) is 0 Å². The molecule has 0 aliphatic rings. The minimum atomic E-state index is -1.28. The Labute approximate surface area is 132 Å². The summed E-state index contributed by atoms with van der Waals surface area (Å²) in [5, 5.41) is 12.5. The smallest absolute Gasteiger partial charge is 0.255 e. The van der Waals surface area contributed by atoms with Crippen LogP contribution in [0.5, 0.6) is 0 Å². The van der Waals surface area contributed by atoms with Crippen molar-refractivity contribution >= 4 is 11.7 Å². The van der Waals surface area contributed by atoms with E-state index in [0.717, 1.165) is 12.1 Å². The molecule has 23 heavy (non-hydrogen) atoms. The summed E-state index contributed by atoms with van der Waals surface area (Å²) in [5.74, 6) is -1.55. The Morgan fingerprint density at radius 1 is 1.35 bits per heavy atom. The molecule has 0 bridgehead atoms. The number of carbonyl (C=O) groups excluding carboxylic acids is 1. The van der Waals surface area contributed by atoms with Gasteiger partial charge in [0.05, 0.1) is 11.7 Å². The third kappa shape index (κ3) is 4.01. The number of rotatable bonds is 5. The zero-order chi connectivity index (χ0) is 17.0. The molecule has 0 saturated heterocycles. The second kappa shape index (κ2) is 7.15. The van der Waals surface area contributed by atoms with Crippen LogP contribution in [0.25, 0.3) is 0 Å². The zero-order valence-electron chi connectivity index (χ0n) is 12.8. The number of hydrogen-bond donors (Lipinski definition) is 2. The van der Waals surface area contributed by atoms with Gasteiger partial charge in [-0.3, -0.25) is 4.79 Å². The van der Waals surface area contributed by atoms with Gasteiger partial charge >= 0.3 is 0 Å². The SMILES string of the molecule is CN(C)c1ncccc1C(=O)NC[C@H](O)c1ccc(F)cc1F. The maximum absolute atomic E-state index is 13.6. The van der Waals surface area contributed by atoms with Crippen molar-refractivity contribution in [3.05, 3.63) is 59.3 Å². The molecule has 1 atom stereocenters. The fraction of sp³-hybridized carbons (Fsp3) is 0.250. The van der Waals surface area contributed by atoms with Crippen LogP contribution < -0.4 is 10.2 Å². The molecular formula is C16H17F2N3O2. The van der Waals surface area contributed by atoms with Crippen molar-refractivity contribution in [1.82, 2.24) is 10.3 Å². The van der Waals surface area contributed by atoms with Crippen molar-refractivity contribution in [2.24, 2.45) is 0 Å². The fourth-order valence-electron chi connectivity index (χ4n) is 2.10. The topological polar surface area (TPSA) is 65.5 Å². The average Bonchev–Trinajstić information content (AvgIpc) is 2.52. The van der Waals surface area contributed by atoms with Gasteiger partial charge in [-0.05, 0) is 18.2 Å². The number of aliphatic hydroxyl groups is 1. The number of carbonyl (C=O) groups is 1. The Bertz CT molecular complexity index is 707. The Morgan fingerprint density at radius 2 is 2.09 bits per heavy atom. The molecule has 2 N–H and O–H groups in total. The van der Waals surface area contributed by atoms with E-state index in [9.17, 15) is 18.7 Å². The highest BCUT2D eigenvalue weighted by Gasteiger charge is 2.17. The van der Waals surface area contributed by atoms with E-state index in [1.165, 1.54) is 0 Å². The van der Waals surface area contributed by atoms with Crippen molar-refractivity contribution in [2.75, 3.05) is 25.5 Å². The Kier molecular flexibility index (Phi) is 5.23. The van der Waals surface area contributed by atoms with E-state index in [1.54, 1.807) is 37.3 Å². The van der Waals surface area contributed by atoms with Gasteiger partial charge in [0.25, 0.3) is 5.91 Å². The monoisotopic (exact) mass is 321 g/mol. The van der Waals surface area contributed by atoms with Gasteiger partial charge in [0.15, 0.2) is 0 Å². The first-order valence-corrected chi connectivity index (χ1v) is 6.93. The lowest BCUT2D eigenvalue weighted by atomic mass is 10.1. The normalized spacial score (nSPS) is 11.9. The number of aromatic nitrogens is 1. The van der Waals surface area contributed by atoms with E-state index in [0.29, 0.717) is 17.4 Å². The maximum atomic E-state index is 13.6. The summed E-state index contributed by atoms with van der Waals surface area (Å²) in [6.45, 7) is -0.205. The number of benzene rings is 1. The Hall–Kier alpha value is -2.54. The van der Waals surface area contributed by atoms with Gasteiger partial charge in [-0.15, -0.1) is 0 Å². The molecule has 2 aromatic rings. The summed E-state index contributed by atoms with van der Waals surface area (Å²) >= 11 is 0. The van der Waals surface area contributed by atoms with Gasteiger partial charge < -0.3 is 15.3 Å². The number of aliphatic hydroxyl groups excluding tert-OH is 1. The predicted molar refractivity (Wildman–Crippen MR) is 82.2 cm³/mol. The summed E-state index contributed by atoms with van der Waals surface area (Å²) in [7, 11) is 3.50. The third-order valence-corrected chi connectivity index (χ3v) is 3.23.